The van der Waals surface area contributed by atoms with Crippen LogP contribution in [0.3, 0.4) is 0 Å². The Hall–Kier alpha value is -0.240. The Morgan fingerprint density at radius 2 is 1.88 bits per heavy atom. The van der Waals surface area contributed by atoms with Crippen molar-refractivity contribution in [1.82, 2.24) is 4.98 Å². The molecule has 0 bridgehead atoms. The van der Waals surface area contributed by atoms with Gasteiger partial charge in [-0.05, 0) is 27.6 Å². The Bertz CT molecular complexity index is 391. The summed E-state index contributed by atoms with van der Waals surface area (Å²) in [7, 11) is 0. The van der Waals surface area contributed by atoms with Crippen molar-refractivity contribution in [3.8, 4) is 0 Å². The third kappa shape index (κ3) is 2.91. The summed E-state index contributed by atoms with van der Waals surface area (Å²) in [6, 6.07) is 0.791. The minimum absolute atomic E-state index is 0.0962. The van der Waals surface area contributed by atoms with Gasteiger partial charge in [0.2, 0.25) is 0 Å². The van der Waals surface area contributed by atoms with E-state index in [0.717, 1.165) is 6.07 Å². The lowest BCUT2D eigenvalue weighted by Gasteiger charge is -2.13. The first kappa shape index (κ1) is 13.8. The zero-order chi connectivity index (χ0) is 12.5. The number of hydrogen-bond acceptors (Lipinski definition) is 1. The van der Waals surface area contributed by atoms with Crippen molar-refractivity contribution in [1.29, 1.82) is 0 Å². The predicted octanol–water partition coefficient (Wildman–Crippen LogP) is 4.70. The molecule has 0 unspecified atom stereocenters. The third-order valence-electron chi connectivity index (χ3n) is 1.73. The fraction of sp³-hybridized carbons (Fsp3) is 0.375. The van der Waals surface area contributed by atoms with Gasteiger partial charge in [-0.2, -0.15) is 13.2 Å². The number of rotatable bonds is 2. The fourth-order valence-electron chi connectivity index (χ4n) is 1.04. The number of alkyl halides is 6. The van der Waals surface area contributed by atoms with Crippen molar-refractivity contribution in [2.24, 2.45) is 0 Å². The van der Waals surface area contributed by atoms with E-state index in [1.54, 1.807) is 0 Å². The monoisotopic (exact) mass is 367 g/mol. The molecule has 0 aliphatic heterocycles. The van der Waals surface area contributed by atoms with E-state index in [2.05, 4.69) is 36.8 Å². The van der Waals surface area contributed by atoms with Crippen LogP contribution in [0.25, 0.3) is 0 Å². The first-order chi connectivity index (χ1) is 7.27. The maximum absolute atomic E-state index is 12.4. The van der Waals surface area contributed by atoms with Crippen molar-refractivity contribution in [2.75, 3.05) is 0 Å². The molecule has 0 aromatic carbocycles. The standard InChI is InChI=1S/C8H4Br2F5N/c9-2-3-1-4(7(11)12)5(8(13,14)15)16-6(3)10/h1,7H,2H2. The lowest BCUT2D eigenvalue weighted by molar-refractivity contribution is -0.143. The average Bonchev–Trinajstić information content (AvgIpc) is 2.15. The highest BCUT2D eigenvalue weighted by Crippen LogP contribution is 2.37. The van der Waals surface area contributed by atoms with Gasteiger partial charge in [0, 0.05) is 10.9 Å². The van der Waals surface area contributed by atoms with E-state index < -0.39 is 23.9 Å². The van der Waals surface area contributed by atoms with E-state index in [0.29, 0.717) is 0 Å². The number of pyridine rings is 1. The van der Waals surface area contributed by atoms with Gasteiger partial charge >= 0.3 is 6.18 Å². The molecule has 0 aliphatic rings. The lowest BCUT2D eigenvalue weighted by atomic mass is 10.1. The van der Waals surface area contributed by atoms with Crippen molar-refractivity contribution in [3.63, 3.8) is 0 Å². The molecule has 0 aliphatic carbocycles. The molecular weight excluding hydrogens is 365 g/mol. The van der Waals surface area contributed by atoms with E-state index in [9.17, 15) is 22.0 Å². The van der Waals surface area contributed by atoms with Gasteiger partial charge in [0.15, 0.2) is 5.69 Å². The van der Waals surface area contributed by atoms with Crippen molar-refractivity contribution < 1.29 is 22.0 Å². The highest BCUT2D eigenvalue weighted by atomic mass is 79.9. The second kappa shape index (κ2) is 4.95. The Morgan fingerprint density at radius 1 is 1.31 bits per heavy atom. The fourth-order valence-corrected chi connectivity index (χ4v) is 2.27. The zero-order valence-electron chi connectivity index (χ0n) is 7.45. The van der Waals surface area contributed by atoms with Gasteiger partial charge in [0.05, 0.1) is 0 Å². The molecule has 1 aromatic rings. The largest absolute Gasteiger partial charge is 0.433 e. The van der Waals surface area contributed by atoms with Crippen LogP contribution >= 0.6 is 31.9 Å². The predicted molar refractivity (Wildman–Crippen MR) is 54.5 cm³/mol. The van der Waals surface area contributed by atoms with E-state index in [1.807, 2.05) is 0 Å². The van der Waals surface area contributed by atoms with Crippen LogP contribution in [-0.2, 0) is 11.5 Å². The van der Waals surface area contributed by atoms with Crippen LogP contribution in [-0.4, -0.2) is 4.98 Å². The molecule has 1 rings (SSSR count). The number of halogens is 7. The Balaban J connectivity index is 3.42. The van der Waals surface area contributed by atoms with Crippen molar-refractivity contribution >= 4 is 31.9 Å². The molecule has 8 heteroatoms. The molecule has 0 N–H and O–H groups in total. The first-order valence-corrected chi connectivity index (χ1v) is 5.79. The summed E-state index contributed by atoms with van der Waals surface area (Å²) in [4.78, 5) is 3.12. The normalized spacial score (nSPS) is 12.2. The van der Waals surface area contributed by atoms with E-state index in [4.69, 9.17) is 0 Å². The van der Waals surface area contributed by atoms with E-state index in [1.165, 1.54) is 0 Å². The average molecular weight is 369 g/mol. The molecule has 90 valence electrons. The van der Waals surface area contributed by atoms with Crippen molar-refractivity contribution in [2.45, 2.75) is 17.9 Å². The van der Waals surface area contributed by atoms with Crippen LogP contribution in [0.15, 0.2) is 10.7 Å². The lowest BCUT2D eigenvalue weighted by Crippen LogP contribution is -2.13. The van der Waals surface area contributed by atoms with Gasteiger partial charge in [-0.1, -0.05) is 15.9 Å². The topological polar surface area (TPSA) is 12.9 Å². The molecule has 1 aromatic heterocycles. The Kier molecular flexibility index (Phi) is 4.28. The molecule has 0 amide bonds. The molecule has 16 heavy (non-hydrogen) atoms. The number of hydrogen-bond donors (Lipinski definition) is 0. The first-order valence-electron chi connectivity index (χ1n) is 3.88. The van der Waals surface area contributed by atoms with Gasteiger partial charge < -0.3 is 0 Å². The van der Waals surface area contributed by atoms with Gasteiger partial charge in [0.1, 0.15) is 4.60 Å². The van der Waals surface area contributed by atoms with Crippen LogP contribution in [0.2, 0.25) is 0 Å². The molecule has 1 heterocycles. The van der Waals surface area contributed by atoms with Crippen LogP contribution in [0.1, 0.15) is 23.2 Å². The molecule has 0 spiro atoms. The quantitative estimate of drug-likeness (QED) is 0.419. The second-order valence-corrected chi connectivity index (χ2v) is 4.12. The zero-order valence-corrected chi connectivity index (χ0v) is 10.6. The molecule has 0 fully saturated rings. The van der Waals surface area contributed by atoms with Gasteiger partial charge in [0.25, 0.3) is 6.43 Å². The highest BCUT2D eigenvalue weighted by Gasteiger charge is 2.38. The minimum Gasteiger partial charge on any atom is -0.236 e. The van der Waals surface area contributed by atoms with Crippen LogP contribution in [0.5, 0.6) is 0 Å². The molecular formula is C8H4Br2F5N. The second-order valence-electron chi connectivity index (χ2n) is 2.81. The van der Waals surface area contributed by atoms with Crippen LogP contribution in [0, 0.1) is 0 Å². The van der Waals surface area contributed by atoms with Gasteiger partial charge in [-0.25, -0.2) is 13.8 Å². The summed E-state index contributed by atoms with van der Waals surface area (Å²) in [5, 5.41) is 0.137. The Labute approximate surface area is 104 Å². The maximum atomic E-state index is 12.4. The summed E-state index contributed by atoms with van der Waals surface area (Å²) in [5.74, 6) is 0. The van der Waals surface area contributed by atoms with Crippen molar-refractivity contribution in [3.05, 3.63) is 27.5 Å². The van der Waals surface area contributed by atoms with Crippen LogP contribution in [0.4, 0.5) is 22.0 Å². The maximum Gasteiger partial charge on any atom is 0.433 e. The molecule has 1 nitrogen and oxygen atoms in total. The van der Waals surface area contributed by atoms with Gasteiger partial charge in [-0.3, -0.25) is 0 Å². The summed E-state index contributed by atoms with van der Waals surface area (Å²) < 4.78 is 62.0. The van der Waals surface area contributed by atoms with Crippen LogP contribution < -0.4 is 0 Å². The van der Waals surface area contributed by atoms with E-state index >= 15 is 0 Å². The van der Waals surface area contributed by atoms with Gasteiger partial charge in [-0.15, -0.1) is 0 Å². The minimum atomic E-state index is -4.89. The SMILES string of the molecule is FC(F)c1cc(CBr)c(Br)nc1C(F)(F)F. The molecule has 0 saturated carbocycles. The summed E-state index contributed by atoms with van der Waals surface area (Å²) >= 11 is 5.77. The molecule has 0 atom stereocenters. The molecule has 0 radical (unpaired) electrons. The summed E-state index contributed by atoms with van der Waals surface area (Å²) in [5.41, 5.74) is -2.42. The molecule has 0 saturated heterocycles. The Morgan fingerprint density at radius 3 is 2.25 bits per heavy atom. The third-order valence-corrected chi connectivity index (χ3v) is 3.02. The summed E-state index contributed by atoms with van der Waals surface area (Å²) in [6.45, 7) is 0. The summed E-state index contributed by atoms with van der Waals surface area (Å²) in [6.07, 6.45) is -8.10. The number of nitrogens with zero attached hydrogens (tertiary/aromatic N) is 1. The van der Waals surface area contributed by atoms with E-state index in [-0.39, 0.29) is 15.5 Å². The highest BCUT2D eigenvalue weighted by molar-refractivity contribution is 9.10. The smallest absolute Gasteiger partial charge is 0.236 e. The number of aromatic nitrogens is 1.